The summed E-state index contributed by atoms with van der Waals surface area (Å²) in [6.45, 7) is 3.75. The number of amides is 1. The predicted octanol–water partition coefficient (Wildman–Crippen LogP) is 3.71. The summed E-state index contributed by atoms with van der Waals surface area (Å²) >= 11 is 0. The summed E-state index contributed by atoms with van der Waals surface area (Å²) in [5.41, 5.74) is 0.923. The van der Waals surface area contributed by atoms with Crippen LogP contribution in [0.4, 0.5) is 5.69 Å². The number of methoxy groups -OCH3 is 1. The maximum atomic E-state index is 13.3. The number of benzene rings is 2. The Bertz CT molecular complexity index is 1060. The largest absolute Gasteiger partial charge is 0.495 e. The van der Waals surface area contributed by atoms with Crippen molar-refractivity contribution in [2.24, 2.45) is 0 Å². The van der Waals surface area contributed by atoms with Crippen molar-refractivity contribution in [3.8, 4) is 5.75 Å². The number of Topliss-reactive ketones (excluding diaryl/α,β-unsaturated/α-hetero) is 1. The first kappa shape index (κ1) is 22.0. The molecule has 0 aromatic heterocycles. The lowest BCUT2D eigenvalue weighted by Crippen LogP contribution is -2.42. The van der Waals surface area contributed by atoms with Gasteiger partial charge in [-0.05, 0) is 57.0 Å². The Hall–Kier alpha value is -2.71. The molecule has 0 unspecified atom stereocenters. The van der Waals surface area contributed by atoms with Crippen LogP contribution in [0, 0.1) is 0 Å². The minimum Gasteiger partial charge on any atom is -0.495 e. The molecule has 2 aromatic rings. The zero-order chi connectivity index (χ0) is 21.9. The van der Waals surface area contributed by atoms with Crippen molar-refractivity contribution < 1.29 is 22.7 Å². The number of ether oxygens (including phenoxy) is 1. The van der Waals surface area contributed by atoms with Crippen molar-refractivity contribution in [1.29, 1.82) is 0 Å². The molecule has 0 radical (unpaired) electrons. The Kier molecular flexibility index (Phi) is 6.58. The molecule has 30 heavy (non-hydrogen) atoms. The van der Waals surface area contributed by atoms with Crippen LogP contribution in [0.2, 0.25) is 0 Å². The van der Waals surface area contributed by atoms with Crippen LogP contribution in [0.5, 0.6) is 5.75 Å². The van der Waals surface area contributed by atoms with Gasteiger partial charge in [-0.15, -0.1) is 0 Å². The topological polar surface area (TPSA) is 92.8 Å². The first-order valence-electron chi connectivity index (χ1n) is 9.87. The first-order chi connectivity index (χ1) is 14.3. The lowest BCUT2D eigenvalue weighted by atomic mass is 10.1. The van der Waals surface area contributed by atoms with E-state index < -0.39 is 15.9 Å². The number of rotatable bonds is 6. The standard InChI is InChI=1S/C22H26N2O5S/c1-15-8-6-7-13-24(15)30(27,28)21-14-17(11-12-20(21)29-3)22(26)23-19-10-5-4-9-18(19)16(2)25/h4-5,9-12,14-15H,6-8,13H2,1-3H3,(H,23,26)/t15-/m0/s1. The third kappa shape index (κ3) is 4.39. The highest BCUT2D eigenvalue weighted by atomic mass is 32.2. The van der Waals surface area contributed by atoms with E-state index in [4.69, 9.17) is 4.74 Å². The van der Waals surface area contributed by atoms with Gasteiger partial charge < -0.3 is 10.1 Å². The summed E-state index contributed by atoms with van der Waals surface area (Å²) in [6, 6.07) is 10.9. The molecular formula is C22H26N2O5S. The average molecular weight is 431 g/mol. The summed E-state index contributed by atoms with van der Waals surface area (Å²) < 4.78 is 33.4. The molecule has 1 fully saturated rings. The van der Waals surface area contributed by atoms with E-state index in [1.165, 1.54) is 36.5 Å². The minimum atomic E-state index is -3.83. The van der Waals surface area contributed by atoms with Gasteiger partial charge in [-0.1, -0.05) is 18.6 Å². The number of anilines is 1. The second kappa shape index (κ2) is 8.97. The van der Waals surface area contributed by atoms with Crippen molar-refractivity contribution >= 4 is 27.4 Å². The molecule has 0 aliphatic carbocycles. The van der Waals surface area contributed by atoms with Crippen LogP contribution in [0.15, 0.2) is 47.4 Å². The van der Waals surface area contributed by atoms with Crippen LogP contribution < -0.4 is 10.1 Å². The number of sulfonamides is 1. The summed E-state index contributed by atoms with van der Waals surface area (Å²) in [5.74, 6) is -0.495. The van der Waals surface area contributed by atoms with Gasteiger partial charge in [-0.3, -0.25) is 9.59 Å². The Balaban J connectivity index is 1.97. The molecular weight excluding hydrogens is 404 g/mol. The Morgan fingerprint density at radius 2 is 1.87 bits per heavy atom. The normalized spacial score (nSPS) is 17.4. The monoisotopic (exact) mass is 430 g/mol. The molecule has 1 atom stereocenters. The molecule has 0 spiro atoms. The maximum Gasteiger partial charge on any atom is 0.255 e. The lowest BCUT2D eigenvalue weighted by Gasteiger charge is -2.32. The highest BCUT2D eigenvalue weighted by Gasteiger charge is 2.33. The van der Waals surface area contributed by atoms with Crippen LogP contribution in [0.1, 0.15) is 53.8 Å². The predicted molar refractivity (Wildman–Crippen MR) is 115 cm³/mol. The molecule has 1 heterocycles. The molecule has 2 aromatic carbocycles. The molecule has 0 saturated carbocycles. The molecule has 3 rings (SSSR count). The number of piperidine rings is 1. The van der Waals surface area contributed by atoms with Crippen molar-refractivity contribution in [2.45, 2.75) is 44.0 Å². The summed E-state index contributed by atoms with van der Waals surface area (Å²) in [6.07, 6.45) is 2.58. The Morgan fingerprint density at radius 1 is 1.13 bits per heavy atom. The summed E-state index contributed by atoms with van der Waals surface area (Å²) in [7, 11) is -2.43. The molecule has 8 heteroatoms. The first-order valence-corrected chi connectivity index (χ1v) is 11.3. The molecule has 7 nitrogen and oxygen atoms in total. The van der Waals surface area contributed by atoms with Crippen molar-refractivity contribution in [1.82, 2.24) is 4.31 Å². The summed E-state index contributed by atoms with van der Waals surface area (Å²) in [4.78, 5) is 24.6. The molecule has 160 valence electrons. The van der Waals surface area contributed by atoms with E-state index >= 15 is 0 Å². The molecule has 1 N–H and O–H groups in total. The van der Waals surface area contributed by atoms with Crippen molar-refractivity contribution in [2.75, 3.05) is 19.0 Å². The SMILES string of the molecule is COc1ccc(C(=O)Nc2ccccc2C(C)=O)cc1S(=O)(=O)N1CCCC[C@@H]1C. The highest BCUT2D eigenvalue weighted by molar-refractivity contribution is 7.89. The van der Waals surface area contributed by atoms with E-state index in [9.17, 15) is 18.0 Å². The molecule has 1 aliphatic heterocycles. The zero-order valence-electron chi connectivity index (χ0n) is 17.3. The molecule has 1 amide bonds. The highest BCUT2D eigenvalue weighted by Crippen LogP contribution is 2.32. The van der Waals surface area contributed by atoms with Crippen LogP contribution in [0.3, 0.4) is 0 Å². The number of carbonyl (C=O) groups excluding carboxylic acids is 2. The van der Waals surface area contributed by atoms with E-state index in [1.807, 2.05) is 6.92 Å². The van der Waals surface area contributed by atoms with Gasteiger partial charge in [0.15, 0.2) is 5.78 Å². The van der Waals surface area contributed by atoms with E-state index in [0.717, 1.165) is 19.3 Å². The van der Waals surface area contributed by atoms with Gasteiger partial charge in [0.05, 0.1) is 12.8 Å². The van der Waals surface area contributed by atoms with Crippen LogP contribution >= 0.6 is 0 Å². The van der Waals surface area contributed by atoms with Crippen molar-refractivity contribution in [3.05, 3.63) is 53.6 Å². The molecule has 0 bridgehead atoms. The van der Waals surface area contributed by atoms with Gasteiger partial charge in [0.2, 0.25) is 10.0 Å². The van der Waals surface area contributed by atoms with Gasteiger partial charge in [0.25, 0.3) is 5.91 Å². The quantitative estimate of drug-likeness (QED) is 0.705. The number of nitrogens with one attached hydrogen (secondary N) is 1. The van der Waals surface area contributed by atoms with Crippen LogP contribution in [-0.2, 0) is 10.0 Å². The Labute approximate surface area is 177 Å². The fraction of sp³-hybridized carbons (Fsp3) is 0.364. The lowest BCUT2D eigenvalue weighted by molar-refractivity contribution is 0.101. The number of nitrogens with zero attached hydrogens (tertiary/aromatic N) is 1. The minimum absolute atomic E-state index is 0.0359. The third-order valence-corrected chi connectivity index (χ3v) is 7.34. The van der Waals surface area contributed by atoms with E-state index in [-0.39, 0.29) is 28.0 Å². The van der Waals surface area contributed by atoms with E-state index in [0.29, 0.717) is 17.8 Å². The van der Waals surface area contributed by atoms with Gasteiger partial charge in [-0.2, -0.15) is 4.31 Å². The van der Waals surface area contributed by atoms with Crippen LogP contribution in [-0.4, -0.2) is 44.1 Å². The molecule has 1 aliphatic rings. The van der Waals surface area contributed by atoms with Crippen LogP contribution in [0.25, 0.3) is 0 Å². The Morgan fingerprint density at radius 3 is 2.53 bits per heavy atom. The maximum absolute atomic E-state index is 13.3. The zero-order valence-corrected chi connectivity index (χ0v) is 18.2. The number of ketones is 1. The summed E-state index contributed by atoms with van der Waals surface area (Å²) in [5, 5.41) is 2.70. The number of hydrogen-bond acceptors (Lipinski definition) is 5. The molecule has 1 saturated heterocycles. The van der Waals surface area contributed by atoms with Gasteiger partial charge in [0.1, 0.15) is 10.6 Å². The smallest absolute Gasteiger partial charge is 0.255 e. The number of hydrogen-bond donors (Lipinski definition) is 1. The third-order valence-electron chi connectivity index (χ3n) is 5.31. The number of carbonyl (C=O) groups is 2. The van der Waals surface area contributed by atoms with Gasteiger partial charge >= 0.3 is 0 Å². The fourth-order valence-electron chi connectivity index (χ4n) is 3.67. The average Bonchev–Trinajstić information content (AvgIpc) is 2.73. The van der Waals surface area contributed by atoms with E-state index in [1.54, 1.807) is 24.3 Å². The second-order valence-corrected chi connectivity index (χ2v) is 9.24. The van der Waals surface area contributed by atoms with Crippen molar-refractivity contribution in [3.63, 3.8) is 0 Å². The van der Waals surface area contributed by atoms with E-state index in [2.05, 4.69) is 5.32 Å². The van der Waals surface area contributed by atoms with Gasteiger partial charge in [-0.25, -0.2) is 8.42 Å². The van der Waals surface area contributed by atoms with Gasteiger partial charge in [0, 0.05) is 23.7 Å². The number of para-hydroxylation sites is 1. The fourth-order valence-corrected chi connectivity index (χ4v) is 5.55. The second-order valence-electron chi connectivity index (χ2n) is 7.38.